The lowest BCUT2D eigenvalue weighted by Gasteiger charge is -2.39. The van der Waals surface area contributed by atoms with E-state index in [4.69, 9.17) is 0 Å². The van der Waals surface area contributed by atoms with Crippen LogP contribution in [0.2, 0.25) is 0 Å². The van der Waals surface area contributed by atoms with Crippen LogP contribution in [0.25, 0.3) is 10.2 Å². The Morgan fingerprint density at radius 1 is 1.07 bits per heavy atom. The van der Waals surface area contributed by atoms with Gasteiger partial charge in [-0.1, -0.05) is 38.5 Å². The summed E-state index contributed by atoms with van der Waals surface area (Å²) in [5.41, 5.74) is -0.109. The van der Waals surface area contributed by atoms with Crippen LogP contribution < -0.4 is 5.56 Å². The van der Waals surface area contributed by atoms with Gasteiger partial charge >= 0.3 is 0 Å². The molecule has 2 aliphatic rings. The molecule has 1 amide bonds. The van der Waals surface area contributed by atoms with Crippen LogP contribution >= 0.6 is 11.3 Å². The molecular formula is C22H32N4O2S. The molecule has 6 nitrogen and oxygen atoms in total. The second kappa shape index (κ2) is 9.85. The highest BCUT2D eigenvalue weighted by atomic mass is 32.1. The van der Waals surface area contributed by atoms with E-state index in [0.717, 1.165) is 31.0 Å². The second-order valence-corrected chi connectivity index (χ2v) is 9.32. The number of hydrogen-bond donors (Lipinski definition) is 1. The number of carbonyl (C=O) groups excluding carboxylic acids is 1. The maximum Gasteiger partial charge on any atom is 0.259 e. The Morgan fingerprint density at radius 2 is 1.76 bits per heavy atom. The number of fused-ring (bicyclic) bond motifs is 1. The van der Waals surface area contributed by atoms with Crippen LogP contribution in [0.5, 0.6) is 0 Å². The summed E-state index contributed by atoms with van der Waals surface area (Å²) in [5, 5.41) is 2.50. The van der Waals surface area contributed by atoms with Gasteiger partial charge in [0.05, 0.1) is 5.39 Å². The fourth-order valence-electron chi connectivity index (χ4n) is 4.72. The van der Waals surface area contributed by atoms with Crippen LogP contribution in [-0.2, 0) is 11.2 Å². The lowest BCUT2D eigenvalue weighted by Crippen LogP contribution is -2.52. The van der Waals surface area contributed by atoms with Gasteiger partial charge in [-0.25, -0.2) is 4.98 Å². The molecule has 0 unspecified atom stereocenters. The van der Waals surface area contributed by atoms with E-state index in [1.807, 2.05) is 10.3 Å². The molecule has 29 heavy (non-hydrogen) atoms. The minimum atomic E-state index is -0.109. The van der Waals surface area contributed by atoms with Gasteiger partial charge in [0.25, 0.3) is 5.56 Å². The number of piperazine rings is 1. The minimum absolute atomic E-state index is 0.109. The molecule has 158 valence electrons. The van der Waals surface area contributed by atoms with E-state index in [9.17, 15) is 9.59 Å². The van der Waals surface area contributed by atoms with Crippen LogP contribution in [0.4, 0.5) is 0 Å². The number of aromatic amines is 1. The first-order valence-corrected chi connectivity index (χ1v) is 12.1. The van der Waals surface area contributed by atoms with E-state index < -0.39 is 0 Å². The molecule has 0 aromatic carbocycles. The summed E-state index contributed by atoms with van der Waals surface area (Å²) in [6.07, 6.45) is 11.8. The van der Waals surface area contributed by atoms with Gasteiger partial charge < -0.3 is 9.88 Å². The number of carbonyl (C=O) groups is 1. The van der Waals surface area contributed by atoms with E-state index in [1.54, 1.807) is 6.07 Å². The fraction of sp³-hybridized carbons (Fsp3) is 0.682. The van der Waals surface area contributed by atoms with Crippen LogP contribution in [0, 0.1) is 0 Å². The van der Waals surface area contributed by atoms with E-state index >= 15 is 0 Å². The lowest BCUT2D eigenvalue weighted by atomic mass is 10.0. The second-order valence-electron chi connectivity index (χ2n) is 8.42. The normalized spacial score (nSPS) is 20.3. The SMILES string of the molecule is O=C(CCc1nc2sccc2c(=O)[nH]1)N1CCN(C2CCCCCCCC2)CC1. The van der Waals surface area contributed by atoms with Crippen molar-refractivity contribution in [3.8, 4) is 0 Å². The summed E-state index contributed by atoms with van der Waals surface area (Å²) >= 11 is 1.46. The molecule has 1 aliphatic heterocycles. The summed E-state index contributed by atoms with van der Waals surface area (Å²) < 4.78 is 0. The van der Waals surface area contributed by atoms with Crippen molar-refractivity contribution >= 4 is 27.5 Å². The van der Waals surface area contributed by atoms with Gasteiger partial charge in [-0.05, 0) is 24.3 Å². The zero-order valence-electron chi connectivity index (χ0n) is 17.2. The Labute approximate surface area is 176 Å². The van der Waals surface area contributed by atoms with E-state index in [0.29, 0.717) is 30.1 Å². The summed E-state index contributed by atoms with van der Waals surface area (Å²) in [6.45, 7) is 3.63. The van der Waals surface area contributed by atoms with Gasteiger partial charge in [-0.2, -0.15) is 0 Å². The Morgan fingerprint density at radius 3 is 2.48 bits per heavy atom. The van der Waals surface area contributed by atoms with Crippen LogP contribution in [0.3, 0.4) is 0 Å². The smallest absolute Gasteiger partial charge is 0.259 e. The number of nitrogens with one attached hydrogen (secondary N) is 1. The van der Waals surface area contributed by atoms with Crippen LogP contribution in [0.1, 0.15) is 63.6 Å². The van der Waals surface area contributed by atoms with Crippen molar-refractivity contribution in [2.75, 3.05) is 26.2 Å². The molecule has 7 heteroatoms. The number of aryl methyl sites for hydroxylation is 1. The molecule has 1 aliphatic carbocycles. The van der Waals surface area contributed by atoms with Gasteiger partial charge in [-0.3, -0.25) is 14.5 Å². The number of rotatable bonds is 4. The van der Waals surface area contributed by atoms with Crippen LogP contribution in [0.15, 0.2) is 16.2 Å². The predicted molar refractivity (Wildman–Crippen MR) is 117 cm³/mol. The number of H-pyrrole nitrogens is 1. The highest BCUT2D eigenvalue weighted by Crippen LogP contribution is 2.22. The molecule has 2 aromatic heterocycles. The number of thiophene rings is 1. The number of aromatic nitrogens is 2. The van der Waals surface area contributed by atoms with Crippen molar-refractivity contribution in [1.82, 2.24) is 19.8 Å². The highest BCUT2D eigenvalue weighted by Gasteiger charge is 2.26. The highest BCUT2D eigenvalue weighted by molar-refractivity contribution is 7.16. The molecule has 3 heterocycles. The average molecular weight is 417 g/mol. The van der Waals surface area contributed by atoms with E-state index in [1.165, 1.54) is 62.7 Å². The Balaban J connectivity index is 1.26. The molecule has 1 saturated heterocycles. The number of hydrogen-bond acceptors (Lipinski definition) is 5. The zero-order valence-corrected chi connectivity index (χ0v) is 18.0. The zero-order chi connectivity index (χ0) is 20.1. The van der Waals surface area contributed by atoms with E-state index in [2.05, 4.69) is 14.9 Å². The summed E-state index contributed by atoms with van der Waals surface area (Å²) in [4.78, 5) is 37.4. The molecule has 2 aromatic rings. The number of nitrogens with zero attached hydrogens (tertiary/aromatic N) is 3. The van der Waals surface area contributed by atoms with Crippen LogP contribution in [-0.4, -0.2) is 57.9 Å². The molecule has 0 bridgehead atoms. The van der Waals surface area contributed by atoms with Crippen molar-refractivity contribution in [1.29, 1.82) is 0 Å². The van der Waals surface area contributed by atoms with Crippen molar-refractivity contribution < 1.29 is 4.79 Å². The molecule has 1 N–H and O–H groups in total. The Kier molecular flexibility index (Phi) is 6.98. The fourth-order valence-corrected chi connectivity index (χ4v) is 5.51. The van der Waals surface area contributed by atoms with Gasteiger partial charge in [0.2, 0.25) is 5.91 Å². The third kappa shape index (κ3) is 5.25. The van der Waals surface area contributed by atoms with E-state index in [-0.39, 0.29) is 11.5 Å². The topological polar surface area (TPSA) is 69.3 Å². The Bertz CT molecular complexity index is 859. The van der Waals surface area contributed by atoms with Crippen molar-refractivity contribution in [2.45, 2.75) is 70.3 Å². The molecule has 4 rings (SSSR count). The van der Waals surface area contributed by atoms with Crippen molar-refractivity contribution in [3.05, 3.63) is 27.6 Å². The minimum Gasteiger partial charge on any atom is -0.340 e. The molecule has 0 atom stereocenters. The summed E-state index contributed by atoms with van der Waals surface area (Å²) in [7, 11) is 0. The van der Waals surface area contributed by atoms with Gasteiger partial charge in [0.15, 0.2) is 0 Å². The summed E-state index contributed by atoms with van der Waals surface area (Å²) in [5.74, 6) is 0.788. The van der Waals surface area contributed by atoms with Gasteiger partial charge in [-0.15, -0.1) is 11.3 Å². The third-order valence-electron chi connectivity index (χ3n) is 6.47. The molecular weight excluding hydrogens is 384 g/mol. The first kappa shape index (κ1) is 20.5. The van der Waals surface area contributed by atoms with Gasteiger partial charge in [0, 0.05) is 45.1 Å². The lowest BCUT2D eigenvalue weighted by molar-refractivity contribution is -0.133. The third-order valence-corrected chi connectivity index (χ3v) is 7.27. The van der Waals surface area contributed by atoms with Crippen molar-refractivity contribution in [2.24, 2.45) is 0 Å². The predicted octanol–water partition coefficient (Wildman–Crippen LogP) is 3.56. The monoisotopic (exact) mass is 416 g/mol. The molecule has 0 radical (unpaired) electrons. The number of amides is 1. The average Bonchev–Trinajstić information content (AvgIpc) is 3.25. The largest absolute Gasteiger partial charge is 0.340 e. The van der Waals surface area contributed by atoms with Crippen molar-refractivity contribution in [3.63, 3.8) is 0 Å². The molecule has 1 saturated carbocycles. The summed E-state index contributed by atoms with van der Waals surface area (Å²) in [6, 6.07) is 2.50. The standard InChI is InChI=1S/C22H32N4O2S/c27-20(10-9-19-23-21(28)18-11-16-29-22(18)24-19)26-14-12-25(13-15-26)17-7-5-3-1-2-4-6-8-17/h11,16-17H,1-10,12-15H2,(H,23,24,28). The van der Waals surface area contributed by atoms with Gasteiger partial charge in [0.1, 0.15) is 10.7 Å². The molecule has 0 spiro atoms. The quantitative estimate of drug-likeness (QED) is 0.827. The maximum atomic E-state index is 12.7. The first-order valence-electron chi connectivity index (χ1n) is 11.2. The molecule has 2 fully saturated rings. The maximum absolute atomic E-state index is 12.7. The first-order chi connectivity index (χ1) is 14.2. The Hall–Kier alpha value is -1.73.